The van der Waals surface area contributed by atoms with Crippen molar-refractivity contribution in [2.24, 2.45) is 0 Å². The fourth-order valence-electron chi connectivity index (χ4n) is 4.48. The Bertz CT molecular complexity index is 973. The van der Waals surface area contributed by atoms with Gasteiger partial charge in [0.25, 0.3) is 5.91 Å². The molecule has 2 amide bonds. The number of benzene rings is 2. The van der Waals surface area contributed by atoms with Crippen molar-refractivity contribution in [2.45, 2.75) is 64.1 Å². The normalized spacial score (nSPS) is 17.7. The quantitative estimate of drug-likeness (QED) is 0.571. The Morgan fingerprint density at radius 2 is 1.68 bits per heavy atom. The van der Waals surface area contributed by atoms with Crippen molar-refractivity contribution in [3.05, 3.63) is 63.6 Å². The molecule has 0 radical (unpaired) electrons. The maximum absolute atomic E-state index is 12.9. The van der Waals surface area contributed by atoms with Gasteiger partial charge in [0.05, 0.1) is 16.5 Å². The number of piperidine rings is 1. The highest BCUT2D eigenvalue weighted by Crippen LogP contribution is 2.29. The van der Waals surface area contributed by atoms with E-state index in [0.717, 1.165) is 18.4 Å². The summed E-state index contributed by atoms with van der Waals surface area (Å²) in [6, 6.07) is 12.2. The third-order valence-corrected chi connectivity index (χ3v) is 6.02. The average molecular weight is 462 g/mol. The van der Waals surface area contributed by atoms with Crippen LogP contribution >= 0.6 is 23.2 Å². The fourth-order valence-corrected chi connectivity index (χ4v) is 4.78. The Hall–Kier alpha value is -2.08. The predicted molar refractivity (Wildman–Crippen MR) is 127 cm³/mol. The Balaban J connectivity index is 1.63. The summed E-state index contributed by atoms with van der Waals surface area (Å²) in [5.74, 6) is -0.317. The van der Waals surface area contributed by atoms with Gasteiger partial charge in [0.15, 0.2) is 0 Å². The highest BCUT2D eigenvalue weighted by molar-refractivity contribution is 6.42. The third-order valence-electron chi connectivity index (χ3n) is 5.28. The van der Waals surface area contributed by atoms with E-state index in [1.165, 1.54) is 0 Å². The summed E-state index contributed by atoms with van der Waals surface area (Å²) < 4.78 is 0. The number of hydrogen-bond acceptors (Lipinski definition) is 3. The Kier molecular flexibility index (Phi) is 6.99. The van der Waals surface area contributed by atoms with Gasteiger partial charge in [-0.1, -0.05) is 35.3 Å². The van der Waals surface area contributed by atoms with Gasteiger partial charge >= 0.3 is 0 Å². The van der Waals surface area contributed by atoms with Crippen LogP contribution in [0.25, 0.3) is 0 Å². The molecule has 0 atom stereocenters. The lowest BCUT2D eigenvalue weighted by molar-refractivity contribution is -0.115. The van der Waals surface area contributed by atoms with E-state index in [4.69, 9.17) is 23.2 Å². The maximum Gasteiger partial charge on any atom is 0.251 e. The molecule has 166 valence electrons. The van der Waals surface area contributed by atoms with E-state index in [1.54, 1.807) is 36.4 Å². The van der Waals surface area contributed by atoms with Crippen molar-refractivity contribution in [2.75, 3.05) is 5.32 Å². The first-order chi connectivity index (χ1) is 14.4. The molecule has 1 saturated heterocycles. The lowest BCUT2D eigenvalue weighted by Gasteiger charge is -2.46. The molecule has 1 aliphatic rings. The zero-order valence-electron chi connectivity index (χ0n) is 18.3. The van der Waals surface area contributed by atoms with E-state index in [1.807, 2.05) is 6.07 Å². The van der Waals surface area contributed by atoms with Crippen LogP contribution in [0.4, 0.5) is 5.69 Å². The molecule has 0 bridgehead atoms. The molecule has 0 spiro atoms. The van der Waals surface area contributed by atoms with Crippen molar-refractivity contribution in [1.82, 2.24) is 10.6 Å². The van der Waals surface area contributed by atoms with Gasteiger partial charge in [-0.15, -0.1) is 0 Å². The summed E-state index contributed by atoms with van der Waals surface area (Å²) in [5, 5.41) is 10.4. The summed E-state index contributed by atoms with van der Waals surface area (Å²) in [5.41, 5.74) is 1.78. The lowest BCUT2D eigenvalue weighted by Crippen LogP contribution is -2.62. The molecule has 3 N–H and O–H groups in total. The number of rotatable bonds is 5. The molecule has 0 saturated carbocycles. The SMILES string of the molecule is CC1(C)CC(NC(=O)c2cccc(CC(=O)Nc3ccc(Cl)c(Cl)c3)c2)CC(C)(C)N1. The lowest BCUT2D eigenvalue weighted by atomic mass is 9.79. The van der Waals surface area contributed by atoms with Gasteiger partial charge < -0.3 is 16.0 Å². The van der Waals surface area contributed by atoms with Gasteiger partial charge in [0.2, 0.25) is 5.91 Å². The maximum atomic E-state index is 12.9. The van der Waals surface area contributed by atoms with Crippen LogP contribution in [0.15, 0.2) is 42.5 Å². The third kappa shape index (κ3) is 6.70. The molecule has 31 heavy (non-hydrogen) atoms. The Labute approximate surface area is 193 Å². The van der Waals surface area contributed by atoms with Crippen LogP contribution in [-0.2, 0) is 11.2 Å². The number of hydrogen-bond donors (Lipinski definition) is 3. The second-order valence-corrected chi connectivity index (χ2v) is 10.3. The van der Waals surface area contributed by atoms with Crippen molar-refractivity contribution in [3.63, 3.8) is 0 Å². The van der Waals surface area contributed by atoms with Gasteiger partial charge in [-0.3, -0.25) is 9.59 Å². The molecule has 2 aromatic carbocycles. The molecule has 1 fully saturated rings. The smallest absolute Gasteiger partial charge is 0.251 e. The first-order valence-corrected chi connectivity index (χ1v) is 11.1. The first kappa shape index (κ1) is 23.6. The number of anilines is 1. The summed E-state index contributed by atoms with van der Waals surface area (Å²) >= 11 is 11.9. The van der Waals surface area contributed by atoms with E-state index in [-0.39, 0.29) is 35.4 Å². The molecule has 0 unspecified atom stereocenters. The van der Waals surface area contributed by atoms with E-state index < -0.39 is 0 Å². The zero-order valence-corrected chi connectivity index (χ0v) is 19.8. The second kappa shape index (κ2) is 9.19. The highest BCUT2D eigenvalue weighted by atomic mass is 35.5. The summed E-state index contributed by atoms with van der Waals surface area (Å²) in [7, 11) is 0. The largest absolute Gasteiger partial charge is 0.349 e. The molecular weight excluding hydrogens is 433 g/mol. The predicted octanol–water partition coefficient (Wildman–Crippen LogP) is 5.21. The first-order valence-electron chi connectivity index (χ1n) is 10.4. The topological polar surface area (TPSA) is 70.2 Å². The van der Waals surface area contributed by atoms with Crippen molar-refractivity contribution >= 4 is 40.7 Å². The van der Waals surface area contributed by atoms with Crippen LogP contribution in [0.1, 0.15) is 56.5 Å². The number of carbonyl (C=O) groups is 2. The molecule has 1 aliphatic heterocycles. The Morgan fingerprint density at radius 1 is 1.00 bits per heavy atom. The van der Waals surface area contributed by atoms with Gasteiger partial charge in [0, 0.05) is 28.4 Å². The standard InChI is InChI=1S/C24H29Cl2N3O2/c1-23(2)13-18(14-24(3,4)29-23)28-22(31)16-7-5-6-15(10-16)11-21(30)27-17-8-9-19(25)20(26)12-17/h5-10,12,18,29H,11,13-14H2,1-4H3,(H,27,30)(H,28,31). The highest BCUT2D eigenvalue weighted by Gasteiger charge is 2.38. The fraction of sp³-hybridized carbons (Fsp3) is 0.417. The number of carbonyl (C=O) groups excluding carboxylic acids is 2. The van der Waals surface area contributed by atoms with Crippen LogP contribution in [0.5, 0.6) is 0 Å². The van der Waals surface area contributed by atoms with Crippen molar-refractivity contribution in [3.8, 4) is 0 Å². The number of halogens is 2. The monoisotopic (exact) mass is 461 g/mol. The summed E-state index contributed by atoms with van der Waals surface area (Å²) in [6.07, 6.45) is 1.86. The molecule has 2 aromatic rings. The van der Waals surface area contributed by atoms with E-state index in [9.17, 15) is 9.59 Å². The molecule has 3 rings (SSSR count). The molecular formula is C24H29Cl2N3O2. The Morgan fingerprint density at radius 3 is 2.32 bits per heavy atom. The van der Waals surface area contributed by atoms with E-state index in [2.05, 4.69) is 43.6 Å². The molecule has 0 aliphatic carbocycles. The number of nitrogens with one attached hydrogen (secondary N) is 3. The summed E-state index contributed by atoms with van der Waals surface area (Å²) in [6.45, 7) is 8.61. The number of amides is 2. The van der Waals surface area contributed by atoms with Gasteiger partial charge in [-0.2, -0.15) is 0 Å². The van der Waals surface area contributed by atoms with E-state index >= 15 is 0 Å². The van der Waals surface area contributed by atoms with Crippen LogP contribution in [0, 0.1) is 0 Å². The molecule has 7 heteroatoms. The minimum atomic E-state index is -0.196. The molecule has 0 aromatic heterocycles. The van der Waals surface area contributed by atoms with Gasteiger partial charge in [-0.05, 0) is 76.4 Å². The van der Waals surface area contributed by atoms with Crippen LogP contribution in [-0.4, -0.2) is 28.9 Å². The van der Waals surface area contributed by atoms with Crippen LogP contribution in [0.3, 0.4) is 0 Å². The minimum absolute atomic E-state index is 0.0514. The average Bonchev–Trinajstić information content (AvgIpc) is 2.62. The molecule has 5 nitrogen and oxygen atoms in total. The van der Waals surface area contributed by atoms with Crippen LogP contribution < -0.4 is 16.0 Å². The van der Waals surface area contributed by atoms with Crippen molar-refractivity contribution in [1.29, 1.82) is 0 Å². The van der Waals surface area contributed by atoms with Crippen LogP contribution in [0.2, 0.25) is 10.0 Å². The minimum Gasteiger partial charge on any atom is -0.349 e. The van der Waals surface area contributed by atoms with Crippen molar-refractivity contribution < 1.29 is 9.59 Å². The van der Waals surface area contributed by atoms with Gasteiger partial charge in [-0.25, -0.2) is 0 Å². The zero-order chi connectivity index (χ0) is 22.8. The van der Waals surface area contributed by atoms with E-state index in [0.29, 0.717) is 21.3 Å². The second-order valence-electron chi connectivity index (χ2n) is 9.53. The van der Waals surface area contributed by atoms with Gasteiger partial charge in [0.1, 0.15) is 0 Å². The summed E-state index contributed by atoms with van der Waals surface area (Å²) in [4.78, 5) is 25.3. The molecule has 1 heterocycles.